The Kier molecular flexibility index (Phi) is 9.82. The molecule has 1 saturated heterocycles. The number of benzene rings is 3. The maximum Gasteiger partial charge on any atom is 0.165 e. The second-order valence-electron chi connectivity index (χ2n) is 11.2. The Labute approximate surface area is 238 Å². The van der Waals surface area contributed by atoms with Gasteiger partial charge in [-0.3, -0.25) is 4.90 Å². The van der Waals surface area contributed by atoms with Gasteiger partial charge in [-0.1, -0.05) is 31.0 Å². The molecule has 5 nitrogen and oxygen atoms in total. The van der Waals surface area contributed by atoms with E-state index in [9.17, 15) is 9.50 Å². The van der Waals surface area contributed by atoms with E-state index in [1.54, 1.807) is 25.3 Å². The van der Waals surface area contributed by atoms with Gasteiger partial charge in [-0.15, -0.1) is 0 Å². The zero-order valence-corrected chi connectivity index (χ0v) is 23.8. The van der Waals surface area contributed by atoms with E-state index in [4.69, 9.17) is 9.47 Å². The minimum absolute atomic E-state index is 0.276. The van der Waals surface area contributed by atoms with Crippen molar-refractivity contribution >= 4 is 5.69 Å². The van der Waals surface area contributed by atoms with Gasteiger partial charge in [0.2, 0.25) is 0 Å². The van der Waals surface area contributed by atoms with Crippen LogP contribution in [0.25, 0.3) is 0 Å². The molecule has 1 fully saturated rings. The lowest BCUT2D eigenvalue weighted by Crippen LogP contribution is -2.29. The van der Waals surface area contributed by atoms with Crippen LogP contribution < -0.4 is 14.8 Å². The molecule has 0 bridgehead atoms. The van der Waals surface area contributed by atoms with E-state index in [0.29, 0.717) is 24.0 Å². The number of methoxy groups -OCH3 is 1. The van der Waals surface area contributed by atoms with Crippen molar-refractivity contribution in [3.8, 4) is 17.2 Å². The van der Waals surface area contributed by atoms with Crippen molar-refractivity contribution in [2.75, 3.05) is 45.2 Å². The molecular formula is C34H43FN2O3. The number of hydrogen-bond donors (Lipinski definition) is 2. The van der Waals surface area contributed by atoms with Crippen LogP contribution in [0, 0.1) is 5.82 Å². The molecule has 0 unspecified atom stereocenters. The standard InChI is InChI=1S/C34H43FN2O3/c1-39-30-13-14-31(28-10-9-27-23-29(38)12-11-26(27)22-28)33(24-30)36-16-6-7-25-8-15-34(32(35)21-25)40-20-19-37-17-4-2-3-5-18-37/h8,11-15,21,23-24,28,36,38H,2-7,9-10,16-20,22H2,1H3/t28-/m1/s1. The summed E-state index contributed by atoms with van der Waals surface area (Å²) < 4.78 is 26.0. The van der Waals surface area contributed by atoms with E-state index >= 15 is 0 Å². The first-order valence-corrected chi connectivity index (χ1v) is 14.9. The van der Waals surface area contributed by atoms with E-state index in [2.05, 4.69) is 28.4 Å². The van der Waals surface area contributed by atoms with E-state index in [1.807, 2.05) is 18.2 Å². The number of phenolic OH excluding ortho intramolecular Hbond substituents is 1. The normalized spacial score (nSPS) is 17.6. The number of phenols is 1. The monoisotopic (exact) mass is 546 g/mol. The summed E-state index contributed by atoms with van der Waals surface area (Å²) in [5.41, 5.74) is 5.95. The fourth-order valence-corrected chi connectivity index (χ4v) is 6.16. The number of fused-ring (bicyclic) bond motifs is 1. The lowest BCUT2D eigenvalue weighted by Gasteiger charge is -2.27. The van der Waals surface area contributed by atoms with Gasteiger partial charge in [0.25, 0.3) is 0 Å². The van der Waals surface area contributed by atoms with Crippen LogP contribution in [-0.4, -0.2) is 49.9 Å². The summed E-state index contributed by atoms with van der Waals surface area (Å²) in [5.74, 6) is 1.66. The Hall–Kier alpha value is -3.25. The van der Waals surface area contributed by atoms with Crippen molar-refractivity contribution in [3.63, 3.8) is 0 Å². The maximum absolute atomic E-state index is 14.7. The minimum Gasteiger partial charge on any atom is -0.508 e. The largest absolute Gasteiger partial charge is 0.508 e. The summed E-state index contributed by atoms with van der Waals surface area (Å²) in [6, 6.07) is 17.4. The Morgan fingerprint density at radius 1 is 0.975 bits per heavy atom. The van der Waals surface area contributed by atoms with Gasteiger partial charge in [-0.05, 0) is 117 Å². The van der Waals surface area contributed by atoms with Crippen molar-refractivity contribution in [1.82, 2.24) is 4.90 Å². The van der Waals surface area contributed by atoms with E-state index in [1.165, 1.54) is 42.4 Å². The topological polar surface area (TPSA) is 54.0 Å². The van der Waals surface area contributed by atoms with Crippen LogP contribution in [-0.2, 0) is 19.3 Å². The molecule has 1 atom stereocenters. The molecule has 40 heavy (non-hydrogen) atoms. The van der Waals surface area contributed by atoms with Crippen LogP contribution in [0.4, 0.5) is 10.1 Å². The van der Waals surface area contributed by atoms with E-state index in [0.717, 1.165) is 75.3 Å². The molecule has 0 amide bonds. The molecule has 6 heteroatoms. The zero-order chi connectivity index (χ0) is 27.7. The number of anilines is 1. The molecule has 3 aromatic rings. The summed E-state index contributed by atoms with van der Waals surface area (Å²) in [5, 5.41) is 13.5. The first-order valence-electron chi connectivity index (χ1n) is 14.9. The molecule has 1 aliphatic heterocycles. The number of rotatable bonds is 11. The van der Waals surface area contributed by atoms with Crippen LogP contribution >= 0.6 is 0 Å². The SMILES string of the molecule is COc1ccc([C@@H]2CCc3cc(O)ccc3C2)c(NCCCc2ccc(OCCN3CCCCCC3)c(F)c2)c1. The molecular weight excluding hydrogens is 503 g/mol. The lowest BCUT2D eigenvalue weighted by atomic mass is 9.79. The van der Waals surface area contributed by atoms with Crippen LogP contribution in [0.2, 0.25) is 0 Å². The van der Waals surface area contributed by atoms with Gasteiger partial charge >= 0.3 is 0 Å². The number of nitrogens with one attached hydrogen (secondary N) is 1. The fraction of sp³-hybridized carbons (Fsp3) is 0.471. The Bertz CT molecular complexity index is 1260. The maximum atomic E-state index is 14.7. The summed E-state index contributed by atoms with van der Waals surface area (Å²) in [6.45, 7) is 4.41. The van der Waals surface area contributed by atoms with Gasteiger partial charge in [0.05, 0.1) is 7.11 Å². The number of halogens is 1. The molecule has 3 aromatic carbocycles. The highest BCUT2D eigenvalue weighted by molar-refractivity contribution is 5.57. The summed E-state index contributed by atoms with van der Waals surface area (Å²) in [4.78, 5) is 2.43. The van der Waals surface area contributed by atoms with Crippen molar-refractivity contribution < 1.29 is 19.0 Å². The number of hydrogen-bond acceptors (Lipinski definition) is 5. The Balaban J connectivity index is 1.13. The smallest absolute Gasteiger partial charge is 0.165 e. The molecule has 0 spiro atoms. The molecule has 0 aromatic heterocycles. The van der Waals surface area contributed by atoms with Gasteiger partial charge in [0.15, 0.2) is 11.6 Å². The highest BCUT2D eigenvalue weighted by atomic mass is 19.1. The zero-order valence-electron chi connectivity index (χ0n) is 23.8. The summed E-state index contributed by atoms with van der Waals surface area (Å²) in [7, 11) is 1.69. The number of aryl methyl sites for hydroxylation is 2. The Morgan fingerprint density at radius 3 is 2.62 bits per heavy atom. The molecule has 0 radical (unpaired) electrons. The second kappa shape index (κ2) is 13.9. The molecule has 5 rings (SSSR count). The minimum atomic E-state index is -0.276. The third-order valence-electron chi connectivity index (χ3n) is 8.44. The van der Waals surface area contributed by atoms with Crippen LogP contribution in [0.5, 0.6) is 17.2 Å². The number of aromatic hydroxyl groups is 1. The second-order valence-corrected chi connectivity index (χ2v) is 11.2. The van der Waals surface area contributed by atoms with E-state index in [-0.39, 0.29) is 5.82 Å². The average Bonchev–Trinajstić information content (AvgIpc) is 3.25. The quantitative estimate of drug-likeness (QED) is 0.251. The van der Waals surface area contributed by atoms with E-state index < -0.39 is 0 Å². The number of ether oxygens (including phenoxy) is 2. The van der Waals surface area contributed by atoms with Crippen LogP contribution in [0.15, 0.2) is 54.6 Å². The molecule has 214 valence electrons. The highest BCUT2D eigenvalue weighted by Gasteiger charge is 2.23. The predicted molar refractivity (Wildman–Crippen MR) is 159 cm³/mol. The van der Waals surface area contributed by atoms with Crippen molar-refractivity contribution in [3.05, 3.63) is 82.7 Å². The average molecular weight is 547 g/mol. The van der Waals surface area contributed by atoms with Crippen LogP contribution in [0.1, 0.15) is 66.7 Å². The third-order valence-corrected chi connectivity index (χ3v) is 8.44. The highest BCUT2D eigenvalue weighted by Crippen LogP contribution is 2.38. The van der Waals surface area contributed by atoms with Crippen molar-refractivity contribution in [2.45, 2.75) is 63.7 Å². The van der Waals surface area contributed by atoms with Gasteiger partial charge in [-0.25, -0.2) is 4.39 Å². The number of nitrogens with zero attached hydrogens (tertiary/aromatic N) is 1. The van der Waals surface area contributed by atoms with Gasteiger partial charge in [0.1, 0.15) is 18.1 Å². The third kappa shape index (κ3) is 7.48. The van der Waals surface area contributed by atoms with Gasteiger partial charge < -0.3 is 19.9 Å². The molecule has 0 saturated carbocycles. The molecule has 2 N–H and O–H groups in total. The first kappa shape index (κ1) is 28.3. The van der Waals surface area contributed by atoms with Gasteiger partial charge in [-0.2, -0.15) is 0 Å². The summed E-state index contributed by atoms with van der Waals surface area (Å²) in [6.07, 6.45) is 9.76. The lowest BCUT2D eigenvalue weighted by molar-refractivity contribution is 0.209. The van der Waals surface area contributed by atoms with Crippen molar-refractivity contribution in [1.29, 1.82) is 0 Å². The fourth-order valence-electron chi connectivity index (χ4n) is 6.16. The predicted octanol–water partition coefficient (Wildman–Crippen LogP) is 7.11. The molecule has 1 aliphatic carbocycles. The Morgan fingerprint density at radius 2 is 1.82 bits per heavy atom. The first-order chi connectivity index (χ1) is 19.6. The molecule has 1 heterocycles. The van der Waals surface area contributed by atoms with Crippen LogP contribution in [0.3, 0.4) is 0 Å². The van der Waals surface area contributed by atoms with Gasteiger partial charge in [0, 0.05) is 24.8 Å². The number of likely N-dealkylation sites (tertiary alicyclic amines) is 1. The van der Waals surface area contributed by atoms with Crippen molar-refractivity contribution in [2.24, 2.45) is 0 Å². The summed E-state index contributed by atoms with van der Waals surface area (Å²) >= 11 is 0. The molecule has 2 aliphatic rings.